The van der Waals surface area contributed by atoms with Gasteiger partial charge in [0.2, 0.25) is 0 Å². The molecular formula is C14H21FN4O. The summed E-state index contributed by atoms with van der Waals surface area (Å²) in [6.07, 6.45) is 4.84. The first-order valence-corrected chi connectivity index (χ1v) is 7.05. The predicted molar refractivity (Wildman–Crippen MR) is 76.4 cm³/mol. The summed E-state index contributed by atoms with van der Waals surface area (Å²) in [6.45, 7) is 3.85. The van der Waals surface area contributed by atoms with Crippen LogP contribution < -0.4 is 10.6 Å². The Kier molecular flexibility index (Phi) is 5.29. The van der Waals surface area contributed by atoms with Crippen LogP contribution in [0, 0.1) is 5.82 Å². The number of hydrogen-bond acceptors (Lipinski definition) is 4. The third kappa shape index (κ3) is 3.66. The molecule has 1 aliphatic rings. The third-order valence-electron chi connectivity index (χ3n) is 3.51. The molecular weight excluding hydrogens is 259 g/mol. The molecule has 6 heteroatoms. The second-order valence-corrected chi connectivity index (χ2v) is 4.93. The molecule has 0 unspecified atom stereocenters. The molecule has 1 aromatic rings. The molecule has 1 saturated heterocycles. The van der Waals surface area contributed by atoms with Crippen molar-refractivity contribution in [1.29, 1.82) is 0 Å². The van der Waals surface area contributed by atoms with Gasteiger partial charge >= 0.3 is 0 Å². The highest BCUT2D eigenvalue weighted by molar-refractivity contribution is 5.95. The first-order chi connectivity index (χ1) is 9.72. The molecule has 2 heterocycles. The third-order valence-corrected chi connectivity index (χ3v) is 3.51. The topological polar surface area (TPSA) is 57.3 Å². The lowest BCUT2D eigenvalue weighted by Gasteiger charge is -2.14. The normalized spacial score (nSPS) is 15.3. The van der Waals surface area contributed by atoms with Crippen molar-refractivity contribution in [2.45, 2.75) is 19.3 Å². The van der Waals surface area contributed by atoms with E-state index in [0.29, 0.717) is 6.54 Å². The lowest BCUT2D eigenvalue weighted by Crippen LogP contribution is -2.29. The first kappa shape index (κ1) is 14.7. The minimum Gasteiger partial charge on any atom is -0.371 e. The number of carbonyl (C=O) groups is 1. The fourth-order valence-corrected chi connectivity index (χ4v) is 2.40. The molecule has 1 amide bonds. The fourth-order valence-electron chi connectivity index (χ4n) is 2.40. The zero-order chi connectivity index (χ0) is 14.4. The van der Waals surface area contributed by atoms with Gasteiger partial charge in [-0.05, 0) is 45.0 Å². The van der Waals surface area contributed by atoms with E-state index in [9.17, 15) is 9.18 Å². The molecule has 0 aromatic carbocycles. The second-order valence-electron chi connectivity index (χ2n) is 4.93. The van der Waals surface area contributed by atoms with Gasteiger partial charge in [-0.3, -0.25) is 4.79 Å². The van der Waals surface area contributed by atoms with E-state index in [4.69, 9.17) is 0 Å². The Bertz CT molecular complexity index is 460. The molecule has 1 aromatic heterocycles. The van der Waals surface area contributed by atoms with Crippen LogP contribution in [0.1, 0.15) is 29.6 Å². The van der Waals surface area contributed by atoms with Gasteiger partial charge < -0.3 is 15.5 Å². The van der Waals surface area contributed by atoms with Crippen LogP contribution in [-0.4, -0.2) is 49.0 Å². The van der Waals surface area contributed by atoms with Gasteiger partial charge in [-0.2, -0.15) is 0 Å². The Morgan fingerprint density at radius 1 is 1.45 bits per heavy atom. The van der Waals surface area contributed by atoms with Gasteiger partial charge in [-0.25, -0.2) is 9.37 Å². The number of aromatic nitrogens is 1. The SMILES string of the molecule is CNc1nccc(C(=O)NCCCN2CCCC2)c1F. The quantitative estimate of drug-likeness (QED) is 0.775. The number of anilines is 1. The van der Waals surface area contributed by atoms with E-state index < -0.39 is 5.82 Å². The Labute approximate surface area is 118 Å². The Morgan fingerprint density at radius 3 is 2.90 bits per heavy atom. The van der Waals surface area contributed by atoms with E-state index in [-0.39, 0.29) is 17.3 Å². The van der Waals surface area contributed by atoms with Crippen molar-refractivity contribution in [3.05, 3.63) is 23.6 Å². The zero-order valence-electron chi connectivity index (χ0n) is 11.8. The van der Waals surface area contributed by atoms with Crippen molar-refractivity contribution in [3.8, 4) is 0 Å². The lowest BCUT2D eigenvalue weighted by molar-refractivity contribution is 0.0948. The maximum absolute atomic E-state index is 13.9. The maximum Gasteiger partial charge on any atom is 0.254 e. The van der Waals surface area contributed by atoms with Crippen molar-refractivity contribution in [3.63, 3.8) is 0 Å². The van der Waals surface area contributed by atoms with E-state index >= 15 is 0 Å². The number of likely N-dealkylation sites (tertiary alicyclic amines) is 1. The van der Waals surface area contributed by atoms with E-state index in [1.165, 1.54) is 25.1 Å². The van der Waals surface area contributed by atoms with Gasteiger partial charge in [0.25, 0.3) is 5.91 Å². The summed E-state index contributed by atoms with van der Waals surface area (Å²) in [7, 11) is 1.57. The summed E-state index contributed by atoms with van der Waals surface area (Å²) in [5, 5.41) is 5.38. The fraction of sp³-hybridized carbons (Fsp3) is 0.571. The van der Waals surface area contributed by atoms with Gasteiger partial charge in [0.1, 0.15) is 0 Å². The molecule has 0 aliphatic carbocycles. The molecule has 1 aliphatic heterocycles. The van der Waals surface area contributed by atoms with Crippen LogP contribution in [0.25, 0.3) is 0 Å². The number of carbonyl (C=O) groups excluding carboxylic acids is 1. The van der Waals surface area contributed by atoms with Gasteiger partial charge in [0, 0.05) is 19.8 Å². The van der Waals surface area contributed by atoms with Crippen LogP contribution in [0.4, 0.5) is 10.2 Å². The van der Waals surface area contributed by atoms with Crippen molar-refractivity contribution in [2.24, 2.45) is 0 Å². The van der Waals surface area contributed by atoms with Gasteiger partial charge in [0.15, 0.2) is 11.6 Å². The van der Waals surface area contributed by atoms with Gasteiger partial charge in [-0.15, -0.1) is 0 Å². The average Bonchev–Trinajstić information content (AvgIpc) is 2.97. The van der Waals surface area contributed by atoms with Crippen LogP contribution >= 0.6 is 0 Å². The van der Waals surface area contributed by atoms with E-state index in [1.807, 2.05) is 0 Å². The Balaban J connectivity index is 1.79. The molecule has 2 N–H and O–H groups in total. The molecule has 20 heavy (non-hydrogen) atoms. The Hall–Kier alpha value is -1.69. The lowest BCUT2D eigenvalue weighted by atomic mass is 10.2. The van der Waals surface area contributed by atoms with E-state index in [0.717, 1.165) is 26.1 Å². The smallest absolute Gasteiger partial charge is 0.254 e. The number of rotatable bonds is 6. The van der Waals surface area contributed by atoms with Crippen molar-refractivity contribution in [1.82, 2.24) is 15.2 Å². The summed E-state index contributed by atoms with van der Waals surface area (Å²) in [6, 6.07) is 1.39. The maximum atomic E-state index is 13.9. The van der Waals surface area contributed by atoms with Crippen LogP contribution in [0.15, 0.2) is 12.3 Å². The first-order valence-electron chi connectivity index (χ1n) is 7.05. The highest BCUT2D eigenvalue weighted by Gasteiger charge is 2.15. The highest BCUT2D eigenvalue weighted by Crippen LogP contribution is 2.14. The average molecular weight is 280 g/mol. The van der Waals surface area contributed by atoms with Crippen LogP contribution in [0.3, 0.4) is 0 Å². The minimum absolute atomic E-state index is 0.0329. The van der Waals surface area contributed by atoms with Crippen LogP contribution in [0.5, 0.6) is 0 Å². The number of pyridine rings is 1. The standard InChI is InChI=1S/C14H21FN4O/c1-16-13-12(15)11(5-7-17-13)14(20)18-6-4-10-19-8-2-3-9-19/h5,7H,2-4,6,8-10H2,1H3,(H,16,17)(H,18,20). The molecule has 0 bridgehead atoms. The van der Waals surface area contributed by atoms with Crippen molar-refractivity contribution >= 4 is 11.7 Å². The second kappa shape index (κ2) is 7.19. The van der Waals surface area contributed by atoms with Gasteiger partial charge in [0.05, 0.1) is 5.56 Å². The van der Waals surface area contributed by atoms with Crippen LogP contribution in [0.2, 0.25) is 0 Å². The predicted octanol–water partition coefficient (Wildman–Crippen LogP) is 1.48. The number of amides is 1. The molecule has 0 spiro atoms. The van der Waals surface area contributed by atoms with E-state index in [1.54, 1.807) is 7.05 Å². The molecule has 1 fully saturated rings. The summed E-state index contributed by atoms with van der Waals surface area (Å²) >= 11 is 0. The number of halogens is 1. The summed E-state index contributed by atoms with van der Waals surface area (Å²) in [4.78, 5) is 18.1. The summed E-state index contributed by atoms with van der Waals surface area (Å²) in [5.74, 6) is -0.899. The molecule has 2 rings (SSSR count). The number of nitrogens with zero attached hydrogens (tertiary/aromatic N) is 2. The summed E-state index contributed by atoms with van der Waals surface area (Å²) < 4.78 is 13.9. The minimum atomic E-state index is -0.605. The Morgan fingerprint density at radius 2 is 2.20 bits per heavy atom. The monoisotopic (exact) mass is 280 g/mol. The van der Waals surface area contributed by atoms with Crippen LogP contribution in [-0.2, 0) is 0 Å². The molecule has 5 nitrogen and oxygen atoms in total. The number of hydrogen-bond donors (Lipinski definition) is 2. The molecule has 0 saturated carbocycles. The molecule has 0 atom stereocenters. The van der Waals surface area contributed by atoms with Crippen molar-refractivity contribution < 1.29 is 9.18 Å². The van der Waals surface area contributed by atoms with Gasteiger partial charge in [-0.1, -0.05) is 0 Å². The zero-order valence-corrected chi connectivity index (χ0v) is 11.8. The highest BCUT2D eigenvalue weighted by atomic mass is 19.1. The van der Waals surface area contributed by atoms with E-state index in [2.05, 4.69) is 20.5 Å². The largest absolute Gasteiger partial charge is 0.371 e. The molecule has 0 radical (unpaired) electrons. The van der Waals surface area contributed by atoms with Crippen molar-refractivity contribution in [2.75, 3.05) is 38.5 Å². The summed E-state index contributed by atoms with van der Waals surface area (Å²) in [5.41, 5.74) is 0.0329. The number of nitrogens with one attached hydrogen (secondary N) is 2. The molecule has 110 valence electrons.